The van der Waals surface area contributed by atoms with Crippen molar-refractivity contribution in [3.63, 3.8) is 0 Å². The summed E-state index contributed by atoms with van der Waals surface area (Å²) in [5.74, 6) is 1.35. The molecule has 0 aliphatic heterocycles. The molecule has 1 fully saturated rings. The van der Waals surface area contributed by atoms with E-state index in [1.54, 1.807) is 20.4 Å². The minimum absolute atomic E-state index is 0.404. The molecule has 1 aromatic heterocycles. The highest BCUT2D eigenvalue weighted by atomic mass is 16.5. The molecule has 0 N–H and O–H groups in total. The van der Waals surface area contributed by atoms with Crippen molar-refractivity contribution in [1.82, 2.24) is 4.98 Å². The Hall–Kier alpha value is -2.28. The zero-order chi connectivity index (χ0) is 13.5. The van der Waals surface area contributed by atoms with Crippen molar-refractivity contribution in [2.75, 3.05) is 14.2 Å². The fourth-order valence-electron chi connectivity index (χ4n) is 2.41. The van der Waals surface area contributed by atoms with Crippen LogP contribution in [0, 0.1) is 11.3 Å². The van der Waals surface area contributed by atoms with Crippen molar-refractivity contribution in [3.8, 4) is 17.6 Å². The third kappa shape index (κ3) is 1.70. The van der Waals surface area contributed by atoms with Crippen molar-refractivity contribution in [2.45, 2.75) is 18.3 Å². The molecule has 2 aromatic rings. The predicted molar refractivity (Wildman–Crippen MR) is 71.4 cm³/mol. The predicted octanol–water partition coefficient (Wildman–Crippen LogP) is 2.81. The second-order valence-electron chi connectivity index (χ2n) is 4.78. The standard InChI is InChI=1S/C15H14N2O2/c1-18-12-7-10-3-6-17-14(15(9-16)4-5-15)11(10)8-13(12)19-2/h3,6-8H,4-5H2,1-2H3. The molecule has 0 atom stereocenters. The van der Waals surface area contributed by atoms with Gasteiger partial charge < -0.3 is 9.47 Å². The molecule has 4 heteroatoms. The van der Waals surface area contributed by atoms with Gasteiger partial charge in [-0.2, -0.15) is 5.26 Å². The molecular formula is C15H14N2O2. The van der Waals surface area contributed by atoms with Crippen LogP contribution in [-0.2, 0) is 5.41 Å². The molecule has 0 amide bonds. The summed E-state index contributed by atoms with van der Waals surface area (Å²) < 4.78 is 10.6. The van der Waals surface area contributed by atoms with Crippen LogP contribution in [0.4, 0.5) is 0 Å². The number of hydrogen-bond donors (Lipinski definition) is 0. The van der Waals surface area contributed by atoms with Crippen molar-refractivity contribution in [1.29, 1.82) is 5.26 Å². The van der Waals surface area contributed by atoms with E-state index < -0.39 is 5.41 Å². The van der Waals surface area contributed by atoms with Gasteiger partial charge in [0, 0.05) is 11.6 Å². The van der Waals surface area contributed by atoms with Crippen LogP contribution in [0.15, 0.2) is 24.4 Å². The Balaban J connectivity index is 2.28. The maximum atomic E-state index is 9.35. The van der Waals surface area contributed by atoms with Gasteiger partial charge in [-0.05, 0) is 36.4 Å². The lowest BCUT2D eigenvalue weighted by atomic mass is 9.97. The van der Waals surface area contributed by atoms with Crippen LogP contribution in [0.5, 0.6) is 11.5 Å². The third-order valence-corrected chi connectivity index (χ3v) is 3.69. The molecule has 1 saturated carbocycles. The maximum Gasteiger partial charge on any atom is 0.161 e. The number of rotatable bonds is 3. The molecule has 1 aromatic carbocycles. The van der Waals surface area contributed by atoms with Crippen LogP contribution in [0.1, 0.15) is 18.5 Å². The second kappa shape index (κ2) is 4.13. The van der Waals surface area contributed by atoms with Crippen LogP contribution in [0.3, 0.4) is 0 Å². The average molecular weight is 254 g/mol. The maximum absolute atomic E-state index is 9.35. The lowest BCUT2D eigenvalue weighted by Gasteiger charge is -2.13. The van der Waals surface area contributed by atoms with Crippen LogP contribution in [0.25, 0.3) is 10.8 Å². The number of hydrogen-bond acceptors (Lipinski definition) is 4. The van der Waals surface area contributed by atoms with Gasteiger partial charge in [0.1, 0.15) is 5.41 Å². The van der Waals surface area contributed by atoms with Crippen molar-refractivity contribution >= 4 is 10.8 Å². The Bertz CT molecular complexity index is 684. The Morgan fingerprint density at radius 3 is 2.47 bits per heavy atom. The summed E-state index contributed by atoms with van der Waals surface area (Å²) >= 11 is 0. The van der Waals surface area contributed by atoms with E-state index in [0.717, 1.165) is 29.3 Å². The molecule has 0 saturated heterocycles. The number of nitriles is 1. The number of methoxy groups -OCH3 is 2. The molecule has 0 radical (unpaired) electrons. The zero-order valence-electron chi connectivity index (χ0n) is 10.9. The van der Waals surface area contributed by atoms with Gasteiger partial charge in [0.15, 0.2) is 11.5 Å². The van der Waals surface area contributed by atoms with E-state index in [9.17, 15) is 5.26 Å². The number of aromatic nitrogens is 1. The SMILES string of the molecule is COc1cc2ccnc(C3(C#N)CC3)c2cc1OC. The van der Waals surface area contributed by atoms with Crippen molar-refractivity contribution in [2.24, 2.45) is 0 Å². The molecule has 0 spiro atoms. The van der Waals surface area contributed by atoms with Gasteiger partial charge >= 0.3 is 0 Å². The lowest BCUT2D eigenvalue weighted by molar-refractivity contribution is 0.356. The van der Waals surface area contributed by atoms with E-state index in [1.807, 2.05) is 18.2 Å². The first-order valence-corrected chi connectivity index (χ1v) is 6.16. The van der Waals surface area contributed by atoms with Gasteiger partial charge in [-0.25, -0.2) is 0 Å². The van der Waals surface area contributed by atoms with Gasteiger partial charge in [0.05, 0.1) is 26.0 Å². The van der Waals surface area contributed by atoms with Gasteiger partial charge in [-0.1, -0.05) is 0 Å². The summed E-state index contributed by atoms with van der Waals surface area (Å²) in [5, 5.41) is 11.3. The topological polar surface area (TPSA) is 55.1 Å². The van der Waals surface area contributed by atoms with Crippen LogP contribution >= 0.6 is 0 Å². The summed E-state index contributed by atoms with van der Waals surface area (Å²) in [6, 6.07) is 8.15. The molecule has 1 aliphatic rings. The summed E-state index contributed by atoms with van der Waals surface area (Å²) in [6.07, 6.45) is 3.51. The highest BCUT2D eigenvalue weighted by molar-refractivity contribution is 5.89. The molecule has 4 nitrogen and oxygen atoms in total. The Labute approximate surface area is 111 Å². The Morgan fingerprint density at radius 2 is 1.89 bits per heavy atom. The fourth-order valence-corrected chi connectivity index (χ4v) is 2.41. The molecular weight excluding hydrogens is 240 g/mol. The van der Waals surface area contributed by atoms with Gasteiger partial charge in [0.25, 0.3) is 0 Å². The summed E-state index contributed by atoms with van der Waals surface area (Å²) in [7, 11) is 3.22. The summed E-state index contributed by atoms with van der Waals surface area (Å²) in [5.41, 5.74) is 0.451. The number of nitrogens with zero attached hydrogens (tertiary/aromatic N) is 2. The largest absolute Gasteiger partial charge is 0.493 e. The highest BCUT2D eigenvalue weighted by Gasteiger charge is 2.47. The first-order valence-electron chi connectivity index (χ1n) is 6.16. The molecule has 0 unspecified atom stereocenters. The summed E-state index contributed by atoms with van der Waals surface area (Å²) in [6.45, 7) is 0. The van der Waals surface area contributed by atoms with E-state index in [-0.39, 0.29) is 0 Å². The Morgan fingerprint density at radius 1 is 1.21 bits per heavy atom. The fraction of sp³-hybridized carbons (Fsp3) is 0.333. The van der Waals surface area contributed by atoms with Gasteiger partial charge in [0.2, 0.25) is 0 Å². The van der Waals surface area contributed by atoms with E-state index in [4.69, 9.17) is 9.47 Å². The second-order valence-corrected chi connectivity index (χ2v) is 4.78. The van der Waals surface area contributed by atoms with Gasteiger partial charge in [-0.15, -0.1) is 0 Å². The molecule has 1 aliphatic carbocycles. The number of benzene rings is 1. The van der Waals surface area contributed by atoms with E-state index in [2.05, 4.69) is 11.1 Å². The highest BCUT2D eigenvalue weighted by Crippen LogP contribution is 2.49. The third-order valence-electron chi connectivity index (χ3n) is 3.69. The van der Waals surface area contributed by atoms with E-state index >= 15 is 0 Å². The smallest absolute Gasteiger partial charge is 0.161 e. The zero-order valence-corrected chi connectivity index (χ0v) is 10.9. The normalized spacial score (nSPS) is 15.8. The summed E-state index contributed by atoms with van der Waals surface area (Å²) in [4.78, 5) is 4.42. The monoisotopic (exact) mass is 254 g/mol. The molecule has 0 bridgehead atoms. The quantitative estimate of drug-likeness (QED) is 0.845. The van der Waals surface area contributed by atoms with Crippen molar-refractivity contribution in [3.05, 3.63) is 30.1 Å². The molecule has 1 heterocycles. The minimum atomic E-state index is -0.404. The number of fused-ring (bicyclic) bond motifs is 1. The average Bonchev–Trinajstić information content (AvgIpc) is 3.26. The van der Waals surface area contributed by atoms with Crippen LogP contribution < -0.4 is 9.47 Å². The number of ether oxygens (including phenoxy) is 2. The molecule has 19 heavy (non-hydrogen) atoms. The van der Waals surface area contributed by atoms with E-state index in [1.165, 1.54) is 0 Å². The first-order chi connectivity index (χ1) is 9.24. The van der Waals surface area contributed by atoms with Crippen LogP contribution in [-0.4, -0.2) is 19.2 Å². The van der Waals surface area contributed by atoms with Crippen LogP contribution in [0.2, 0.25) is 0 Å². The molecule has 96 valence electrons. The Kier molecular flexibility index (Phi) is 2.56. The van der Waals surface area contributed by atoms with E-state index in [0.29, 0.717) is 11.5 Å². The lowest BCUT2D eigenvalue weighted by Crippen LogP contribution is -2.06. The minimum Gasteiger partial charge on any atom is -0.493 e. The molecule has 3 rings (SSSR count). The van der Waals surface area contributed by atoms with Gasteiger partial charge in [-0.3, -0.25) is 4.98 Å². The van der Waals surface area contributed by atoms with Crippen molar-refractivity contribution < 1.29 is 9.47 Å². The number of pyridine rings is 1. The first kappa shape index (κ1) is 11.8.